The van der Waals surface area contributed by atoms with E-state index in [1.807, 2.05) is 44.2 Å². The van der Waals surface area contributed by atoms with Gasteiger partial charge in [-0.25, -0.2) is 4.79 Å². The average molecular weight is 249 g/mol. The van der Waals surface area contributed by atoms with Crippen molar-refractivity contribution in [3.05, 3.63) is 35.9 Å². The number of carboxylic acids is 1. The van der Waals surface area contributed by atoms with Gasteiger partial charge in [-0.2, -0.15) is 0 Å². The molecule has 0 fully saturated rings. The maximum Gasteiger partial charge on any atom is 0.326 e. The van der Waals surface area contributed by atoms with E-state index in [0.29, 0.717) is 19.4 Å². The van der Waals surface area contributed by atoms with E-state index in [9.17, 15) is 14.7 Å². The highest BCUT2D eigenvalue weighted by Crippen LogP contribution is 2.14. The van der Waals surface area contributed by atoms with E-state index in [1.165, 1.54) is 4.90 Å². The van der Waals surface area contributed by atoms with E-state index in [-0.39, 0.29) is 5.92 Å². The third-order valence-electron chi connectivity index (χ3n) is 2.72. The number of carboxylic acid groups (broad SMARTS) is 1. The van der Waals surface area contributed by atoms with Gasteiger partial charge in [0.15, 0.2) is 0 Å². The van der Waals surface area contributed by atoms with Gasteiger partial charge in [-0.1, -0.05) is 44.2 Å². The molecule has 1 atom stereocenters. The molecule has 0 radical (unpaired) electrons. The maximum atomic E-state index is 11.2. The van der Waals surface area contributed by atoms with Gasteiger partial charge in [-0.05, 0) is 17.9 Å². The van der Waals surface area contributed by atoms with Crippen LogP contribution in [0.2, 0.25) is 0 Å². The van der Waals surface area contributed by atoms with Crippen LogP contribution in [-0.4, -0.2) is 28.4 Å². The Bertz CT molecular complexity index is 389. The molecule has 4 nitrogen and oxygen atoms in total. The van der Waals surface area contributed by atoms with Crippen molar-refractivity contribution < 1.29 is 14.7 Å². The second-order valence-corrected chi connectivity index (χ2v) is 4.75. The van der Waals surface area contributed by atoms with Crippen molar-refractivity contribution in [2.45, 2.75) is 32.9 Å². The van der Waals surface area contributed by atoms with Gasteiger partial charge in [-0.15, -0.1) is 0 Å². The Balaban J connectivity index is 2.79. The van der Waals surface area contributed by atoms with Crippen molar-refractivity contribution in [2.24, 2.45) is 5.92 Å². The monoisotopic (exact) mass is 249 g/mol. The molecule has 0 saturated heterocycles. The zero-order valence-corrected chi connectivity index (χ0v) is 10.7. The summed E-state index contributed by atoms with van der Waals surface area (Å²) in [6, 6.07) is 8.63. The summed E-state index contributed by atoms with van der Waals surface area (Å²) in [6.45, 7) is 4.22. The molecule has 1 N–H and O–H groups in total. The number of hydrogen-bond acceptors (Lipinski definition) is 2. The maximum absolute atomic E-state index is 11.2. The molecule has 18 heavy (non-hydrogen) atoms. The van der Waals surface area contributed by atoms with Crippen molar-refractivity contribution in [1.82, 2.24) is 4.90 Å². The van der Waals surface area contributed by atoms with Gasteiger partial charge >= 0.3 is 5.97 Å². The van der Waals surface area contributed by atoms with Crippen LogP contribution >= 0.6 is 0 Å². The van der Waals surface area contributed by atoms with E-state index in [2.05, 4.69) is 0 Å². The first-order valence-corrected chi connectivity index (χ1v) is 6.02. The summed E-state index contributed by atoms with van der Waals surface area (Å²) in [5.41, 5.74) is 0.930. The summed E-state index contributed by atoms with van der Waals surface area (Å²) in [6.07, 6.45) is 1.08. The van der Waals surface area contributed by atoms with Gasteiger partial charge in [0.2, 0.25) is 6.41 Å². The number of aliphatic carboxylic acids is 1. The lowest BCUT2D eigenvalue weighted by Crippen LogP contribution is -2.40. The third kappa shape index (κ3) is 4.20. The molecule has 0 aromatic heterocycles. The first-order valence-electron chi connectivity index (χ1n) is 6.02. The van der Waals surface area contributed by atoms with Gasteiger partial charge in [0, 0.05) is 6.54 Å². The average Bonchev–Trinajstić information content (AvgIpc) is 2.34. The Morgan fingerprint density at radius 3 is 2.39 bits per heavy atom. The molecule has 0 aliphatic heterocycles. The molecule has 0 saturated carbocycles. The fraction of sp³-hybridized carbons (Fsp3) is 0.429. The van der Waals surface area contributed by atoms with Crippen LogP contribution < -0.4 is 0 Å². The number of amides is 1. The highest BCUT2D eigenvalue weighted by Gasteiger charge is 2.25. The number of hydrogen-bond donors (Lipinski definition) is 1. The molecule has 1 unspecified atom stereocenters. The van der Waals surface area contributed by atoms with Crippen LogP contribution in [0.3, 0.4) is 0 Å². The van der Waals surface area contributed by atoms with Crippen LogP contribution in [0.15, 0.2) is 30.3 Å². The van der Waals surface area contributed by atoms with Crippen molar-refractivity contribution in [1.29, 1.82) is 0 Å². The predicted octanol–water partition coefficient (Wildman–Crippen LogP) is 2.14. The minimum atomic E-state index is -0.952. The molecule has 1 aromatic rings. The summed E-state index contributed by atoms with van der Waals surface area (Å²) < 4.78 is 0. The number of rotatable bonds is 7. The van der Waals surface area contributed by atoms with Crippen LogP contribution in [0.5, 0.6) is 0 Å². The second kappa shape index (κ2) is 6.79. The van der Waals surface area contributed by atoms with Gasteiger partial charge in [0.05, 0.1) is 0 Å². The summed E-state index contributed by atoms with van der Waals surface area (Å²) in [4.78, 5) is 23.7. The smallest absolute Gasteiger partial charge is 0.326 e. The standard InChI is InChI=1S/C14H19NO3/c1-11(2)8-13(14(17)18)15(10-16)9-12-6-4-3-5-7-12/h3-7,10-11,13H,8-9H2,1-2H3,(H,17,18). The minimum absolute atomic E-state index is 0.226. The van der Waals surface area contributed by atoms with Gasteiger partial charge in [0.25, 0.3) is 0 Å². The Kier molecular flexibility index (Phi) is 5.36. The van der Waals surface area contributed by atoms with E-state index in [0.717, 1.165) is 5.56 Å². The van der Waals surface area contributed by atoms with Crippen molar-refractivity contribution in [2.75, 3.05) is 0 Å². The minimum Gasteiger partial charge on any atom is -0.480 e. The summed E-state index contributed by atoms with van der Waals surface area (Å²) >= 11 is 0. The van der Waals surface area contributed by atoms with Crippen LogP contribution in [0.1, 0.15) is 25.8 Å². The predicted molar refractivity (Wildman–Crippen MR) is 68.9 cm³/mol. The fourth-order valence-corrected chi connectivity index (χ4v) is 1.84. The van der Waals surface area contributed by atoms with Crippen molar-refractivity contribution in [3.63, 3.8) is 0 Å². The number of benzene rings is 1. The van der Waals surface area contributed by atoms with E-state index in [1.54, 1.807) is 0 Å². The Morgan fingerprint density at radius 2 is 1.94 bits per heavy atom. The summed E-state index contributed by atoms with van der Waals surface area (Å²) in [5, 5.41) is 9.20. The van der Waals surface area contributed by atoms with Crippen LogP contribution in [0.4, 0.5) is 0 Å². The van der Waals surface area contributed by atoms with Crippen molar-refractivity contribution >= 4 is 12.4 Å². The van der Waals surface area contributed by atoms with E-state index < -0.39 is 12.0 Å². The van der Waals surface area contributed by atoms with Crippen LogP contribution in [0.25, 0.3) is 0 Å². The molecular formula is C14H19NO3. The largest absolute Gasteiger partial charge is 0.480 e. The summed E-state index contributed by atoms with van der Waals surface area (Å²) in [7, 11) is 0. The second-order valence-electron chi connectivity index (χ2n) is 4.75. The van der Waals surface area contributed by atoms with Crippen LogP contribution in [-0.2, 0) is 16.1 Å². The topological polar surface area (TPSA) is 57.6 Å². The molecule has 98 valence electrons. The number of carbonyl (C=O) groups is 2. The molecule has 0 heterocycles. The molecule has 0 bridgehead atoms. The Hall–Kier alpha value is -1.84. The fourth-order valence-electron chi connectivity index (χ4n) is 1.84. The Morgan fingerprint density at radius 1 is 1.33 bits per heavy atom. The molecule has 0 spiro atoms. The zero-order valence-electron chi connectivity index (χ0n) is 10.7. The SMILES string of the molecule is CC(C)CC(C(=O)O)N(C=O)Cc1ccccc1. The highest BCUT2D eigenvalue weighted by molar-refractivity contribution is 5.76. The molecule has 0 aliphatic rings. The molecule has 0 aliphatic carbocycles. The van der Waals surface area contributed by atoms with E-state index >= 15 is 0 Å². The van der Waals surface area contributed by atoms with Gasteiger partial charge in [-0.3, -0.25) is 4.79 Å². The Labute approximate surface area is 107 Å². The highest BCUT2D eigenvalue weighted by atomic mass is 16.4. The van der Waals surface area contributed by atoms with Gasteiger partial charge < -0.3 is 10.0 Å². The molecular weight excluding hydrogens is 230 g/mol. The summed E-state index contributed by atoms with van der Waals surface area (Å²) in [5.74, 6) is -0.726. The lowest BCUT2D eigenvalue weighted by Gasteiger charge is -2.26. The quantitative estimate of drug-likeness (QED) is 0.753. The van der Waals surface area contributed by atoms with Crippen LogP contribution in [0, 0.1) is 5.92 Å². The lowest BCUT2D eigenvalue weighted by molar-refractivity contribution is -0.147. The first kappa shape index (κ1) is 14.2. The molecule has 1 aromatic carbocycles. The van der Waals surface area contributed by atoms with Gasteiger partial charge in [0.1, 0.15) is 6.04 Å². The molecule has 1 rings (SSSR count). The molecule has 1 amide bonds. The first-order chi connectivity index (χ1) is 8.54. The number of carbonyl (C=O) groups excluding carboxylic acids is 1. The normalized spacial score (nSPS) is 12.2. The van der Waals surface area contributed by atoms with Crippen molar-refractivity contribution in [3.8, 4) is 0 Å². The molecule has 4 heteroatoms. The lowest BCUT2D eigenvalue weighted by atomic mass is 10.0. The third-order valence-corrected chi connectivity index (χ3v) is 2.72. The number of nitrogens with zero attached hydrogens (tertiary/aromatic N) is 1. The van der Waals surface area contributed by atoms with E-state index in [4.69, 9.17) is 0 Å². The zero-order chi connectivity index (χ0) is 13.5.